The number of rotatable bonds is 3. The van der Waals surface area contributed by atoms with Crippen molar-refractivity contribution in [3.63, 3.8) is 0 Å². The Balaban J connectivity index is 1.75. The number of carbonyl (C=O) groups excluding carboxylic acids is 1. The third-order valence-corrected chi connectivity index (χ3v) is 5.42. The summed E-state index contributed by atoms with van der Waals surface area (Å²) in [5.41, 5.74) is 3.17. The van der Waals surface area contributed by atoms with Crippen LogP contribution < -0.4 is 10.1 Å². The van der Waals surface area contributed by atoms with Crippen LogP contribution in [0.4, 0.5) is 5.82 Å². The van der Waals surface area contributed by atoms with E-state index < -0.39 is 0 Å². The van der Waals surface area contributed by atoms with Gasteiger partial charge in [0.15, 0.2) is 0 Å². The fourth-order valence-electron chi connectivity index (χ4n) is 4.17. The minimum atomic E-state index is -0.000466. The topological polar surface area (TPSA) is 69.0 Å². The van der Waals surface area contributed by atoms with Gasteiger partial charge in [0.2, 0.25) is 11.8 Å². The summed E-state index contributed by atoms with van der Waals surface area (Å²) < 4.78 is 7.22. The van der Waals surface area contributed by atoms with E-state index in [-0.39, 0.29) is 11.8 Å². The highest BCUT2D eigenvalue weighted by molar-refractivity contribution is 5.94. The van der Waals surface area contributed by atoms with Crippen molar-refractivity contribution in [1.29, 1.82) is 0 Å². The van der Waals surface area contributed by atoms with E-state index in [4.69, 9.17) is 9.84 Å². The lowest BCUT2D eigenvalue weighted by Crippen LogP contribution is -2.26. The van der Waals surface area contributed by atoms with Gasteiger partial charge in [-0.1, -0.05) is 25.3 Å². The minimum Gasteiger partial charge on any atom is -0.481 e. The van der Waals surface area contributed by atoms with Crippen molar-refractivity contribution in [3.8, 4) is 5.88 Å². The predicted molar refractivity (Wildman–Crippen MR) is 95.0 cm³/mol. The lowest BCUT2D eigenvalue weighted by molar-refractivity contribution is -0.116. The zero-order chi connectivity index (χ0) is 17.4. The summed E-state index contributed by atoms with van der Waals surface area (Å²) in [6, 6.07) is 4.24. The second-order valence-electron chi connectivity index (χ2n) is 7.02. The molecule has 1 N–H and O–H groups in total. The molecule has 1 fully saturated rings. The van der Waals surface area contributed by atoms with E-state index in [1.807, 2.05) is 25.3 Å². The third-order valence-electron chi connectivity index (χ3n) is 5.42. The number of hydrogen-bond donors (Lipinski definition) is 1. The average molecular weight is 340 g/mol. The summed E-state index contributed by atoms with van der Waals surface area (Å²) in [6.45, 7) is 2.04. The molecule has 0 radical (unpaired) electrons. The molecule has 0 aromatic carbocycles. The largest absolute Gasteiger partial charge is 0.481 e. The van der Waals surface area contributed by atoms with Gasteiger partial charge in [-0.2, -0.15) is 5.10 Å². The van der Waals surface area contributed by atoms with Crippen LogP contribution in [0.5, 0.6) is 5.88 Å². The van der Waals surface area contributed by atoms with E-state index in [2.05, 4.69) is 15.0 Å². The summed E-state index contributed by atoms with van der Waals surface area (Å²) in [5, 5.41) is 7.90. The van der Waals surface area contributed by atoms with E-state index in [0.29, 0.717) is 18.3 Å². The molecule has 1 aliphatic heterocycles. The molecule has 0 saturated heterocycles. The molecule has 0 bridgehead atoms. The van der Waals surface area contributed by atoms with Crippen LogP contribution in [0.2, 0.25) is 0 Å². The maximum absolute atomic E-state index is 12.4. The molecule has 25 heavy (non-hydrogen) atoms. The first kappa shape index (κ1) is 16.1. The molecule has 132 valence electrons. The molecule has 6 nitrogen and oxygen atoms in total. The van der Waals surface area contributed by atoms with Gasteiger partial charge in [0, 0.05) is 30.2 Å². The molecular weight excluding hydrogens is 316 g/mol. The third kappa shape index (κ3) is 2.90. The number of nitrogens with one attached hydrogen (secondary N) is 1. The second-order valence-corrected chi connectivity index (χ2v) is 7.02. The van der Waals surface area contributed by atoms with E-state index >= 15 is 0 Å². The number of fused-ring (bicyclic) bond motifs is 1. The number of nitrogens with zero attached hydrogens (tertiary/aromatic N) is 3. The SMILES string of the molecule is COc1ccc([C@H]2CC(=O)Nc3c2c(C)nn3C2CCCCC2)cn1. The summed E-state index contributed by atoms with van der Waals surface area (Å²) in [4.78, 5) is 16.7. The molecule has 3 heterocycles. The highest BCUT2D eigenvalue weighted by Gasteiger charge is 2.34. The number of methoxy groups -OCH3 is 1. The molecule has 1 atom stereocenters. The molecule has 1 saturated carbocycles. The molecule has 2 aromatic heterocycles. The van der Waals surface area contributed by atoms with Crippen LogP contribution in [-0.4, -0.2) is 27.8 Å². The lowest BCUT2D eigenvalue weighted by Gasteiger charge is -2.28. The molecule has 6 heteroatoms. The second kappa shape index (κ2) is 6.50. The van der Waals surface area contributed by atoms with Gasteiger partial charge >= 0.3 is 0 Å². The number of pyridine rings is 1. The van der Waals surface area contributed by atoms with Crippen LogP contribution in [0.15, 0.2) is 18.3 Å². The Kier molecular flexibility index (Phi) is 4.19. The Morgan fingerprint density at radius 2 is 2.04 bits per heavy atom. The van der Waals surface area contributed by atoms with Gasteiger partial charge in [-0.15, -0.1) is 0 Å². The fraction of sp³-hybridized carbons (Fsp3) is 0.526. The van der Waals surface area contributed by atoms with Crippen molar-refractivity contribution in [2.45, 2.75) is 57.4 Å². The molecule has 0 spiro atoms. The van der Waals surface area contributed by atoms with Crippen LogP contribution in [0.3, 0.4) is 0 Å². The zero-order valence-electron chi connectivity index (χ0n) is 14.8. The monoisotopic (exact) mass is 340 g/mol. The van der Waals surface area contributed by atoms with Gasteiger partial charge in [0.05, 0.1) is 18.8 Å². The van der Waals surface area contributed by atoms with E-state index in [1.165, 1.54) is 19.3 Å². The van der Waals surface area contributed by atoms with E-state index in [9.17, 15) is 4.79 Å². The van der Waals surface area contributed by atoms with Crippen LogP contribution in [0.25, 0.3) is 0 Å². The first-order valence-electron chi connectivity index (χ1n) is 9.06. The number of anilines is 1. The maximum atomic E-state index is 12.4. The zero-order valence-corrected chi connectivity index (χ0v) is 14.8. The van der Waals surface area contributed by atoms with Gasteiger partial charge < -0.3 is 10.1 Å². The van der Waals surface area contributed by atoms with Crippen LogP contribution >= 0.6 is 0 Å². The van der Waals surface area contributed by atoms with Crippen molar-refractivity contribution in [3.05, 3.63) is 35.2 Å². The highest BCUT2D eigenvalue weighted by Crippen LogP contribution is 2.42. The molecule has 1 amide bonds. The number of hydrogen-bond acceptors (Lipinski definition) is 4. The van der Waals surface area contributed by atoms with E-state index in [0.717, 1.165) is 35.5 Å². The van der Waals surface area contributed by atoms with Crippen molar-refractivity contribution in [1.82, 2.24) is 14.8 Å². The highest BCUT2D eigenvalue weighted by atomic mass is 16.5. The normalized spacial score (nSPS) is 20.9. The number of amides is 1. The minimum absolute atomic E-state index is 0.000466. The lowest BCUT2D eigenvalue weighted by atomic mass is 9.86. The Hall–Kier alpha value is -2.37. The molecule has 4 rings (SSSR count). The Morgan fingerprint density at radius 3 is 2.72 bits per heavy atom. The summed E-state index contributed by atoms with van der Waals surface area (Å²) in [6.07, 6.45) is 8.28. The number of carbonyl (C=O) groups is 1. The van der Waals surface area contributed by atoms with Gasteiger partial charge in [0.25, 0.3) is 0 Å². The van der Waals surface area contributed by atoms with Crippen LogP contribution in [-0.2, 0) is 4.79 Å². The van der Waals surface area contributed by atoms with Crippen molar-refractivity contribution in [2.75, 3.05) is 12.4 Å². The number of aromatic nitrogens is 3. The van der Waals surface area contributed by atoms with Crippen LogP contribution in [0.1, 0.15) is 67.3 Å². The quantitative estimate of drug-likeness (QED) is 0.927. The van der Waals surface area contributed by atoms with Gasteiger partial charge in [-0.25, -0.2) is 9.67 Å². The first-order chi connectivity index (χ1) is 12.2. The van der Waals surface area contributed by atoms with Crippen molar-refractivity contribution >= 4 is 11.7 Å². The standard InChI is InChI=1S/C19H24N4O2/c1-12-18-15(13-8-9-17(25-2)20-11-13)10-16(24)21-19(18)23(22-12)14-6-4-3-5-7-14/h8-9,11,14-15H,3-7,10H2,1-2H3,(H,21,24)/t15-/m1/s1. The van der Waals surface area contributed by atoms with Crippen molar-refractivity contribution < 1.29 is 9.53 Å². The Bertz CT molecular complexity index is 775. The van der Waals surface area contributed by atoms with E-state index in [1.54, 1.807) is 7.11 Å². The smallest absolute Gasteiger partial charge is 0.226 e. The molecule has 2 aromatic rings. The number of aryl methyl sites for hydroxylation is 1. The summed E-state index contributed by atoms with van der Waals surface area (Å²) in [7, 11) is 1.60. The Morgan fingerprint density at radius 1 is 1.24 bits per heavy atom. The van der Waals surface area contributed by atoms with Gasteiger partial charge in [-0.05, 0) is 25.3 Å². The van der Waals surface area contributed by atoms with Crippen molar-refractivity contribution in [2.24, 2.45) is 0 Å². The predicted octanol–water partition coefficient (Wildman–Crippen LogP) is 3.57. The maximum Gasteiger partial charge on any atom is 0.226 e. The summed E-state index contributed by atoms with van der Waals surface area (Å²) >= 11 is 0. The summed E-state index contributed by atoms with van der Waals surface area (Å²) in [5.74, 6) is 1.52. The molecule has 0 unspecified atom stereocenters. The fourth-order valence-corrected chi connectivity index (χ4v) is 4.17. The molecule has 2 aliphatic rings. The Labute approximate surface area is 147 Å². The number of ether oxygens (including phenoxy) is 1. The average Bonchev–Trinajstić information content (AvgIpc) is 2.98. The van der Waals surface area contributed by atoms with Gasteiger partial charge in [-0.3, -0.25) is 4.79 Å². The van der Waals surface area contributed by atoms with Crippen LogP contribution in [0, 0.1) is 6.92 Å². The van der Waals surface area contributed by atoms with Gasteiger partial charge in [0.1, 0.15) is 5.82 Å². The molecule has 1 aliphatic carbocycles. The first-order valence-corrected chi connectivity index (χ1v) is 9.06. The molecular formula is C19H24N4O2.